The van der Waals surface area contributed by atoms with Crippen LogP contribution in [0, 0.1) is 5.82 Å². The molecular weight excluding hydrogens is 454 g/mol. The second-order valence-corrected chi connectivity index (χ2v) is 9.08. The van der Waals surface area contributed by atoms with Gasteiger partial charge in [-0.1, -0.05) is 24.3 Å². The van der Waals surface area contributed by atoms with E-state index in [1.165, 1.54) is 23.1 Å². The normalized spacial score (nSPS) is 16.6. The molecule has 174 valence electrons. The van der Waals surface area contributed by atoms with Gasteiger partial charge in [0.2, 0.25) is 0 Å². The number of ether oxygens (including phenoxy) is 1. The summed E-state index contributed by atoms with van der Waals surface area (Å²) in [4.78, 5) is 14.3. The summed E-state index contributed by atoms with van der Waals surface area (Å²) in [5, 5.41) is 0. The maximum Gasteiger partial charge on any atom is 0.416 e. The van der Waals surface area contributed by atoms with E-state index in [9.17, 15) is 30.8 Å². The van der Waals surface area contributed by atoms with Gasteiger partial charge >= 0.3 is 12.3 Å². The Morgan fingerprint density at radius 2 is 1.59 bits per heavy atom. The first-order valence-electron chi connectivity index (χ1n) is 9.67. The van der Waals surface area contributed by atoms with Crippen molar-refractivity contribution in [1.29, 1.82) is 0 Å². The Balaban J connectivity index is 2.19. The van der Waals surface area contributed by atoms with Crippen LogP contribution in [0.15, 0.2) is 48.5 Å². The second kappa shape index (κ2) is 9.07. The van der Waals surface area contributed by atoms with E-state index in [-0.39, 0.29) is 11.1 Å². The molecule has 1 amide bonds. The molecule has 2 aromatic rings. The monoisotopic (exact) mass is 475 g/mol. The van der Waals surface area contributed by atoms with E-state index in [0.717, 1.165) is 49.4 Å². The number of hydrogen-bond donors (Lipinski definition) is 0. The van der Waals surface area contributed by atoms with Crippen LogP contribution in [-0.2, 0) is 30.8 Å². The van der Waals surface area contributed by atoms with Crippen LogP contribution in [0.2, 0.25) is 0 Å². The van der Waals surface area contributed by atoms with Crippen LogP contribution in [0.4, 0.5) is 22.4 Å². The van der Waals surface area contributed by atoms with Gasteiger partial charge in [0.25, 0.3) is 10.1 Å². The van der Waals surface area contributed by atoms with Crippen molar-refractivity contribution < 1.29 is 39.7 Å². The van der Waals surface area contributed by atoms with Gasteiger partial charge in [-0.05, 0) is 37.1 Å². The van der Waals surface area contributed by atoms with Gasteiger partial charge in [0, 0.05) is 24.2 Å². The number of halogens is 4. The lowest BCUT2D eigenvalue weighted by Crippen LogP contribution is -2.43. The van der Waals surface area contributed by atoms with Crippen molar-refractivity contribution >= 4 is 16.2 Å². The van der Waals surface area contributed by atoms with Crippen molar-refractivity contribution in [2.45, 2.75) is 24.6 Å². The summed E-state index contributed by atoms with van der Waals surface area (Å²) in [6, 6.07) is 8.44. The largest absolute Gasteiger partial charge is 0.430 e. The molecule has 3 rings (SSSR count). The SMILES string of the molecule is CS(=O)(=O)OC[C@@](OC(=O)N1CCCC1)(c1ccc(F)cc1)c1cccc(C(F)(F)F)c1. The average molecular weight is 475 g/mol. The Labute approximate surface area is 182 Å². The average Bonchev–Trinajstić information content (AvgIpc) is 3.26. The third kappa shape index (κ3) is 5.57. The van der Waals surface area contributed by atoms with Gasteiger partial charge in [0.15, 0.2) is 5.60 Å². The Hall–Kier alpha value is -2.66. The predicted molar refractivity (Wildman–Crippen MR) is 107 cm³/mol. The fourth-order valence-corrected chi connectivity index (χ4v) is 3.83. The maximum atomic E-state index is 13.6. The van der Waals surface area contributed by atoms with Crippen LogP contribution in [0.25, 0.3) is 0 Å². The lowest BCUT2D eigenvalue weighted by molar-refractivity contribution is -0.137. The maximum absolute atomic E-state index is 13.6. The minimum atomic E-state index is -4.71. The van der Waals surface area contributed by atoms with E-state index in [2.05, 4.69) is 0 Å². The van der Waals surface area contributed by atoms with Crippen LogP contribution in [-0.4, -0.2) is 45.4 Å². The van der Waals surface area contributed by atoms with E-state index in [1.807, 2.05) is 0 Å². The number of alkyl halides is 3. The molecule has 0 N–H and O–H groups in total. The van der Waals surface area contributed by atoms with Crippen LogP contribution in [0.5, 0.6) is 0 Å². The molecule has 11 heteroatoms. The van der Waals surface area contributed by atoms with Crippen molar-refractivity contribution in [3.63, 3.8) is 0 Å². The smallest absolute Gasteiger partial charge is 0.416 e. The third-order valence-corrected chi connectivity index (χ3v) is 5.61. The number of carbonyl (C=O) groups is 1. The van der Waals surface area contributed by atoms with E-state index in [4.69, 9.17) is 8.92 Å². The summed E-state index contributed by atoms with van der Waals surface area (Å²) in [6.45, 7) is -0.0694. The van der Waals surface area contributed by atoms with E-state index in [0.29, 0.717) is 13.1 Å². The molecule has 0 bridgehead atoms. The molecular formula is C21H21F4NO5S. The van der Waals surface area contributed by atoms with Gasteiger partial charge < -0.3 is 9.64 Å². The first kappa shape index (κ1) is 24.0. The first-order chi connectivity index (χ1) is 14.9. The van der Waals surface area contributed by atoms with Crippen molar-refractivity contribution in [3.05, 3.63) is 71.0 Å². The van der Waals surface area contributed by atoms with Gasteiger partial charge in [0.05, 0.1) is 11.8 Å². The molecule has 2 aromatic carbocycles. The quantitative estimate of drug-likeness (QED) is 0.460. The Morgan fingerprint density at radius 1 is 1.00 bits per heavy atom. The molecule has 0 radical (unpaired) electrons. The molecule has 1 aliphatic heterocycles. The molecule has 1 saturated heterocycles. The molecule has 1 heterocycles. The Bertz CT molecular complexity index is 1070. The predicted octanol–water partition coefficient (Wildman–Crippen LogP) is 4.30. The number of rotatable bonds is 6. The lowest BCUT2D eigenvalue weighted by Gasteiger charge is -2.35. The Kier molecular flexibility index (Phi) is 6.80. The molecule has 0 aromatic heterocycles. The van der Waals surface area contributed by atoms with Crippen LogP contribution in [0.3, 0.4) is 0 Å². The molecule has 0 unspecified atom stereocenters. The molecule has 6 nitrogen and oxygen atoms in total. The molecule has 0 saturated carbocycles. The fourth-order valence-electron chi connectivity index (χ4n) is 3.45. The number of hydrogen-bond acceptors (Lipinski definition) is 5. The van der Waals surface area contributed by atoms with Gasteiger partial charge in [0.1, 0.15) is 12.4 Å². The highest BCUT2D eigenvalue weighted by Crippen LogP contribution is 2.39. The number of amides is 1. The number of carbonyl (C=O) groups excluding carboxylic acids is 1. The molecule has 1 fully saturated rings. The van der Waals surface area contributed by atoms with Crippen LogP contribution >= 0.6 is 0 Å². The van der Waals surface area contributed by atoms with Gasteiger partial charge in [-0.15, -0.1) is 0 Å². The second-order valence-electron chi connectivity index (χ2n) is 7.44. The number of likely N-dealkylation sites (tertiary alicyclic amines) is 1. The van der Waals surface area contributed by atoms with Crippen LogP contribution in [0.1, 0.15) is 29.5 Å². The zero-order valence-corrected chi connectivity index (χ0v) is 17.9. The molecule has 1 atom stereocenters. The summed E-state index contributed by atoms with van der Waals surface area (Å²) in [6.07, 6.45) is -3.34. The minimum absolute atomic E-state index is 0.0504. The Morgan fingerprint density at radius 3 is 2.16 bits per heavy atom. The fraction of sp³-hybridized carbons (Fsp3) is 0.381. The van der Waals surface area contributed by atoms with Crippen molar-refractivity contribution in [3.8, 4) is 0 Å². The molecule has 1 aliphatic rings. The molecule has 0 spiro atoms. The van der Waals surface area contributed by atoms with Crippen molar-refractivity contribution in [1.82, 2.24) is 4.90 Å². The zero-order valence-electron chi connectivity index (χ0n) is 17.1. The summed E-state index contributed by atoms with van der Waals surface area (Å²) in [5.74, 6) is -0.637. The summed E-state index contributed by atoms with van der Waals surface area (Å²) in [7, 11) is -4.08. The van der Waals surface area contributed by atoms with Crippen molar-refractivity contribution in [2.75, 3.05) is 26.0 Å². The third-order valence-electron chi connectivity index (χ3n) is 5.07. The van der Waals surface area contributed by atoms with E-state index >= 15 is 0 Å². The lowest BCUT2D eigenvalue weighted by atomic mass is 9.85. The molecule has 0 aliphatic carbocycles. The van der Waals surface area contributed by atoms with E-state index < -0.39 is 46.0 Å². The van der Waals surface area contributed by atoms with Gasteiger partial charge in [-0.3, -0.25) is 4.18 Å². The highest BCUT2D eigenvalue weighted by atomic mass is 32.2. The molecule has 32 heavy (non-hydrogen) atoms. The summed E-state index contributed by atoms with van der Waals surface area (Å²) < 4.78 is 87.9. The topological polar surface area (TPSA) is 72.9 Å². The standard InChI is InChI=1S/C21H21F4NO5S/c1-32(28,29)30-14-20(15-7-9-18(22)10-8-15,31-19(27)26-11-2-3-12-26)16-5-4-6-17(13-16)21(23,24)25/h4-10,13H,2-3,11-12,14H2,1H3/t20-/m1/s1. The number of nitrogens with zero attached hydrogens (tertiary/aromatic N) is 1. The minimum Gasteiger partial charge on any atom is -0.430 e. The number of benzene rings is 2. The van der Waals surface area contributed by atoms with Crippen molar-refractivity contribution in [2.24, 2.45) is 0 Å². The highest BCUT2D eigenvalue weighted by molar-refractivity contribution is 7.85. The zero-order chi connectivity index (χ0) is 23.6. The highest BCUT2D eigenvalue weighted by Gasteiger charge is 2.43. The van der Waals surface area contributed by atoms with Gasteiger partial charge in [-0.2, -0.15) is 21.6 Å². The first-order valence-corrected chi connectivity index (χ1v) is 11.5. The van der Waals surface area contributed by atoms with Crippen LogP contribution < -0.4 is 0 Å². The van der Waals surface area contributed by atoms with Gasteiger partial charge in [-0.25, -0.2) is 9.18 Å². The summed E-state index contributed by atoms with van der Waals surface area (Å²) in [5.41, 5.74) is -3.24. The summed E-state index contributed by atoms with van der Waals surface area (Å²) >= 11 is 0. The van der Waals surface area contributed by atoms with E-state index in [1.54, 1.807) is 0 Å².